The number of halogens is 1. The van der Waals surface area contributed by atoms with E-state index in [1.165, 1.54) is 0 Å². The van der Waals surface area contributed by atoms with E-state index in [-0.39, 0.29) is 5.75 Å². The van der Waals surface area contributed by atoms with Crippen molar-refractivity contribution in [3.8, 4) is 5.75 Å². The average Bonchev–Trinajstić information content (AvgIpc) is 2.32. The Morgan fingerprint density at radius 2 is 1.82 bits per heavy atom. The van der Waals surface area contributed by atoms with Gasteiger partial charge in [0.2, 0.25) is 0 Å². The predicted octanol–water partition coefficient (Wildman–Crippen LogP) is 4.21. The van der Waals surface area contributed by atoms with Crippen LogP contribution in [0.2, 0.25) is 0 Å². The molecule has 0 amide bonds. The van der Waals surface area contributed by atoms with E-state index in [1.54, 1.807) is 12.3 Å². The molecule has 0 aliphatic rings. The Hall–Kier alpha value is -1.61. The van der Waals surface area contributed by atoms with Gasteiger partial charge >= 0.3 is 0 Å². The molecule has 0 saturated carbocycles. The maximum atomic E-state index is 9.64. The van der Waals surface area contributed by atoms with Crippen molar-refractivity contribution in [2.24, 2.45) is 4.99 Å². The molecule has 0 unspecified atom stereocenters. The van der Waals surface area contributed by atoms with E-state index < -0.39 is 0 Å². The van der Waals surface area contributed by atoms with Gasteiger partial charge < -0.3 is 5.11 Å². The summed E-state index contributed by atoms with van der Waals surface area (Å²) in [5, 5.41) is 9.64. The molecule has 0 aliphatic heterocycles. The van der Waals surface area contributed by atoms with Gasteiger partial charge in [-0.15, -0.1) is 0 Å². The van der Waals surface area contributed by atoms with Gasteiger partial charge in [0.1, 0.15) is 11.4 Å². The molecule has 0 heterocycles. The molecule has 2 rings (SSSR count). The second-order valence-electron chi connectivity index (χ2n) is 3.80. The van der Waals surface area contributed by atoms with Crippen LogP contribution in [0.15, 0.2) is 51.9 Å². The van der Waals surface area contributed by atoms with Gasteiger partial charge in [-0.3, -0.25) is 4.99 Å². The van der Waals surface area contributed by atoms with Crippen molar-refractivity contribution >= 4 is 27.8 Å². The Bertz CT molecular complexity index is 547. The van der Waals surface area contributed by atoms with Crippen LogP contribution >= 0.6 is 15.9 Å². The molecule has 0 saturated heterocycles. The molecule has 0 bridgehead atoms. The molecule has 2 aromatic rings. The van der Waals surface area contributed by atoms with Gasteiger partial charge in [0.05, 0.1) is 0 Å². The number of benzene rings is 2. The number of aliphatic imine (C=N–C) groups is 1. The van der Waals surface area contributed by atoms with Crippen LogP contribution in [0.5, 0.6) is 5.75 Å². The third kappa shape index (κ3) is 3.17. The summed E-state index contributed by atoms with van der Waals surface area (Å²) in [6.07, 6.45) is 1.74. The number of nitrogens with zero attached hydrogens (tertiary/aromatic N) is 1. The number of aryl methyl sites for hydroxylation is 1. The third-order valence-corrected chi connectivity index (χ3v) is 2.88. The predicted molar refractivity (Wildman–Crippen MR) is 74.2 cm³/mol. The second-order valence-corrected chi connectivity index (χ2v) is 4.72. The normalized spacial score (nSPS) is 10.9. The molecule has 86 valence electrons. The molecule has 0 radical (unpaired) electrons. The lowest BCUT2D eigenvalue weighted by atomic mass is 10.2. The van der Waals surface area contributed by atoms with Crippen molar-refractivity contribution in [1.82, 2.24) is 0 Å². The zero-order chi connectivity index (χ0) is 12.3. The topological polar surface area (TPSA) is 32.6 Å². The summed E-state index contributed by atoms with van der Waals surface area (Å²) in [5.41, 5.74) is 2.66. The summed E-state index contributed by atoms with van der Waals surface area (Å²) in [6, 6.07) is 13.2. The highest BCUT2D eigenvalue weighted by Gasteiger charge is 1.98. The lowest BCUT2D eigenvalue weighted by molar-refractivity contribution is 0.477. The second kappa shape index (κ2) is 5.15. The fourth-order valence-electron chi connectivity index (χ4n) is 1.43. The minimum absolute atomic E-state index is 0.198. The Balaban J connectivity index is 2.25. The van der Waals surface area contributed by atoms with Crippen molar-refractivity contribution in [3.63, 3.8) is 0 Å². The average molecular weight is 290 g/mol. The highest BCUT2D eigenvalue weighted by Crippen LogP contribution is 2.26. The van der Waals surface area contributed by atoms with E-state index in [2.05, 4.69) is 20.9 Å². The number of phenols is 1. The summed E-state index contributed by atoms with van der Waals surface area (Å²) in [7, 11) is 0. The summed E-state index contributed by atoms with van der Waals surface area (Å²) < 4.78 is 1.04. The Morgan fingerprint density at radius 1 is 1.12 bits per heavy atom. The van der Waals surface area contributed by atoms with Crippen LogP contribution in [0.3, 0.4) is 0 Å². The van der Waals surface area contributed by atoms with Crippen LogP contribution in [-0.4, -0.2) is 11.3 Å². The van der Waals surface area contributed by atoms with Crippen LogP contribution in [-0.2, 0) is 0 Å². The van der Waals surface area contributed by atoms with Crippen molar-refractivity contribution in [3.05, 3.63) is 58.1 Å². The molecule has 0 spiro atoms. The van der Waals surface area contributed by atoms with E-state index in [0.717, 1.165) is 15.6 Å². The minimum Gasteiger partial charge on any atom is -0.506 e. The van der Waals surface area contributed by atoms with E-state index in [0.29, 0.717) is 5.69 Å². The van der Waals surface area contributed by atoms with E-state index in [4.69, 9.17) is 0 Å². The van der Waals surface area contributed by atoms with Gasteiger partial charge in [0.15, 0.2) is 0 Å². The van der Waals surface area contributed by atoms with Gasteiger partial charge in [0.25, 0.3) is 0 Å². The van der Waals surface area contributed by atoms with Crippen LogP contribution in [0, 0.1) is 6.92 Å². The Kier molecular flexibility index (Phi) is 3.59. The molecular weight excluding hydrogens is 278 g/mol. The Labute approximate surface area is 109 Å². The first kappa shape index (κ1) is 11.9. The van der Waals surface area contributed by atoms with E-state index in [1.807, 2.05) is 43.3 Å². The molecule has 17 heavy (non-hydrogen) atoms. The summed E-state index contributed by atoms with van der Waals surface area (Å²) in [6.45, 7) is 1.97. The van der Waals surface area contributed by atoms with Gasteiger partial charge in [-0.1, -0.05) is 34.1 Å². The van der Waals surface area contributed by atoms with Gasteiger partial charge in [-0.2, -0.15) is 0 Å². The number of hydrogen-bond donors (Lipinski definition) is 1. The van der Waals surface area contributed by atoms with Crippen LogP contribution in [0.1, 0.15) is 11.1 Å². The van der Waals surface area contributed by atoms with E-state index >= 15 is 0 Å². The first-order valence-electron chi connectivity index (χ1n) is 5.24. The molecule has 3 heteroatoms. The van der Waals surface area contributed by atoms with Gasteiger partial charge in [-0.25, -0.2) is 0 Å². The summed E-state index contributed by atoms with van der Waals surface area (Å²) >= 11 is 3.38. The summed E-state index contributed by atoms with van der Waals surface area (Å²) in [4.78, 5) is 4.28. The fraction of sp³-hybridized carbons (Fsp3) is 0.0714. The maximum absolute atomic E-state index is 9.64. The zero-order valence-corrected chi connectivity index (χ0v) is 11.0. The van der Waals surface area contributed by atoms with Crippen LogP contribution in [0.25, 0.3) is 0 Å². The highest BCUT2D eigenvalue weighted by atomic mass is 79.9. The van der Waals surface area contributed by atoms with E-state index in [9.17, 15) is 5.11 Å². The lowest BCUT2D eigenvalue weighted by Crippen LogP contribution is -1.80. The molecule has 1 N–H and O–H groups in total. The van der Waals surface area contributed by atoms with Crippen molar-refractivity contribution in [2.75, 3.05) is 0 Å². The van der Waals surface area contributed by atoms with Crippen LogP contribution in [0.4, 0.5) is 5.69 Å². The van der Waals surface area contributed by atoms with Crippen molar-refractivity contribution in [1.29, 1.82) is 0 Å². The molecule has 2 nitrogen and oxygen atoms in total. The molecule has 0 fully saturated rings. The standard InChI is InChI=1S/C14H12BrNO/c1-10-2-7-14(17)13(8-10)16-9-11-3-5-12(15)6-4-11/h2-9,17H,1H3. The number of hydrogen-bond acceptors (Lipinski definition) is 2. The van der Waals surface area contributed by atoms with Crippen molar-refractivity contribution < 1.29 is 5.11 Å². The minimum atomic E-state index is 0.198. The van der Waals surface area contributed by atoms with Crippen LogP contribution < -0.4 is 0 Å². The van der Waals surface area contributed by atoms with Crippen molar-refractivity contribution in [2.45, 2.75) is 6.92 Å². The molecule has 0 aromatic heterocycles. The number of rotatable bonds is 2. The zero-order valence-electron chi connectivity index (χ0n) is 9.39. The number of phenolic OH excluding ortho intramolecular Hbond substituents is 1. The fourth-order valence-corrected chi connectivity index (χ4v) is 1.69. The SMILES string of the molecule is Cc1ccc(O)c(N=Cc2ccc(Br)cc2)c1. The number of aromatic hydroxyl groups is 1. The smallest absolute Gasteiger partial charge is 0.141 e. The summed E-state index contributed by atoms with van der Waals surface area (Å²) in [5.74, 6) is 0.198. The first-order chi connectivity index (χ1) is 8.15. The molecule has 2 aromatic carbocycles. The molecule has 0 atom stereocenters. The van der Waals surface area contributed by atoms with Gasteiger partial charge in [-0.05, 0) is 42.3 Å². The molecular formula is C14H12BrNO. The first-order valence-corrected chi connectivity index (χ1v) is 6.04. The Morgan fingerprint density at radius 3 is 2.53 bits per heavy atom. The van der Waals surface area contributed by atoms with Gasteiger partial charge in [0, 0.05) is 10.7 Å². The largest absolute Gasteiger partial charge is 0.506 e. The maximum Gasteiger partial charge on any atom is 0.141 e. The third-order valence-electron chi connectivity index (χ3n) is 2.35. The monoisotopic (exact) mass is 289 g/mol. The molecule has 0 aliphatic carbocycles. The lowest BCUT2D eigenvalue weighted by Gasteiger charge is -2.00. The quantitative estimate of drug-likeness (QED) is 0.825. The highest BCUT2D eigenvalue weighted by molar-refractivity contribution is 9.10.